The summed E-state index contributed by atoms with van der Waals surface area (Å²) in [5.41, 5.74) is 1.19. The van der Waals surface area contributed by atoms with Gasteiger partial charge in [-0.05, 0) is 19.1 Å². The van der Waals surface area contributed by atoms with Crippen LogP contribution in [0.4, 0.5) is 10.8 Å². The topological polar surface area (TPSA) is 74.5 Å². The van der Waals surface area contributed by atoms with Crippen molar-refractivity contribution >= 4 is 22.4 Å². The van der Waals surface area contributed by atoms with E-state index in [2.05, 4.69) is 19.7 Å². The van der Waals surface area contributed by atoms with E-state index in [-0.39, 0.29) is 0 Å². The first-order valence-corrected chi connectivity index (χ1v) is 4.99. The molecule has 0 saturated heterocycles. The molecule has 2 aromatic heterocycles. The van der Waals surface area contributed by atoms with Gasteiger partial charge in [-0.15, -0.1) is 0 Å². The Morgan fingerprint density at radius 1 is 1.47 bits per heavy atom. The molecule has 2 rings (SSSR count). The lowest BCUT2D eigenvalue weighted by atomic mass is 10.3. The van der Waals surface area contributed by atoms with Crippen LogP contribution in [0.25, 0.3) is 0 Å². The second kappa shape index (κ2) is 4.02. The highest BCUT2D eigenvalue weighted by Crippen LogP contribution is 2.17. The highest BCUT2D eigenvalue weighted by Gasteiger charge is 2.00. The molecule has 0 aliphatic heterocycles. The number of nitriles is 1. The normalized spacial score (nSPS) is 9.60. The largest absolute Gasteiger partial charge is 0.329 e. The Morgan fingerprint density at radius 3 is 2.87 bits per heavy atom. The molecule has 74 valence electrons. The van der Waals surface area contributed by atoms with Crippen molar-refractivity contribution in [3.05, 3.63) is 29.8 Å². The zero-order valence-corrected chi connectivity index (χ0v) is 8.75. The average molecular weight is 217 g/mol. The van der Waals surface area contributed by atoms with Crippen LogP contribution >= 0.6 is 11.5 Å². The van der Waals surface area contributed by atoms with Gasteiger partial charge in [-0.25, -0.2) is 9.97 Å². The van der Waals surface area contributed by atoms with Crippen molar-refractivity contribution in [2.45, 2.75) is 6.92 Å². The Balaban J connectivity index is 2.15. The summed E-state index contributed by atoms with van der Waals surface area (Å²) in [6.45, 7) is 1.83. The first-order valence-electron chi connectivity index (χ1n) is 4.21. The lowest BCUT2D eigenvalue weighted by Gasteiger charge is -1.99. The standard InChI is InChI=1S/C9H7N5S/c1-6-12-9(15-14-6)13-8-3-2-7(4-10)11-5-8/h2-3,5H,1H3,(H,12,13,14). The van der Waals surface area contributed by atoms with Gasteiger partial charge in [0.2, 0.25) is 5.13 Å². The fraction of sp³-hybridized carbons (Fsp3) is 0.111. The molecule has 2 aromatic rings. The third kappa shape index (κ3) is 2.27. The van der Waals surface area contributed by atoms with E-state index in [1.54, 1.807) is 18.3 Å². The molecular weight excluding hydrogens is 210 g/mol. The molecule has 0 amide bonds. The molecule has 2 heterocycles. The molecule has 0 aliphatic rings. The van der Waals surface area contributed by atoms with Crippen LogP contribution in [0.2, 0.25) is 0 Å². The van der Waals surface area contributed by atoms with Crippen LogP contribution in [0.15, 0.2) is 18.3 Å². The Hall–Kier alpha value is -2.00. The maximum absolute atomic E-state index is 8.57. The fourth-order valence-electron chi connectivity index (χ4n) is 1.01. The smallest absolute Gasteiger partial charge is 0.207 e. The van der Waals surface area contributed by atoms with Crippen LogP contribution in [0.1, 0.15) is 11.5 Å². The van der Waals surface area contributed by atoms with Crippen LogP contribution < -0.4 is 5.32 Å². The van der Waals surface area contributed by atoms with Crippen molar-refractivity contribution in [1.82, 2.24) is 14.3 Å². The lowest BCUT2D eigenvalue weighted by Crippen LogP contribution is -1.91. The molecule has 0 atom stereocenters. The third-order valence-corrected chi connectivity index (χ3v) is 2.38. The highest BCUT2D eigenvalue weighted by atomic mass is 32.1. The van der Waals surface area contributed by atoms with Gasteiger partial charge >= 0.3 is 0 Å². The van der Waals surface area contributed by atoms with Crippen LogP contribution in [0, 0.1) is 18.3 Å². The summed E-state index contributed by atoms with van der Waals surface area (Å²) in [4.78, 5) is 8.09. The summed E-state index contributed by atoms with van der Waals surface area (Å²) >= 11 is 1.29. The number of hydrogen-bond donors (Lipinski definition) is 1. The number of aromatic nitrogens is 3. The van der Waals surface area contributed by atoms with E-state index >= 15 is 0 Å². The third-order valence-electron chi connectivity index (χ3n) is 1.66. The maximum Gasteiger partial charge on any atom is 0.207 e. The van der Waals surface area contributed by atoms with Crippen LogP contribution in [0.5, 0.6) is 0 Å². The van der Waals surface area contributed by atoms with Gasteiger partial charge in [0.05, 0.1) is 11.9 Å². The number of hydrogen-bond acceptors (Lipinski definition) is 6. The molecule has 1 N–H and O–H groups in total. The van der Waals surface area contributed by atoms with E-state index in [1.165, 1.54) is 11.5 Å². The molecular formula is C9H7N5S. The van der Waals surface area contributed by atoms with Crippen molar-refractivity contribution in [2.24, 2.45) is 0 Å². The van der Waals surface area contributed by atoms with E-state index in [9.17, 15) is 0 Å². The van der Waals surface area contributed by atoms with Crippen molar-refractivity contribution in [1.29, 1.82) is 5.26 Å². The average Bonchev–Trinajstić information content (AvgIpc) is 2.65. The van der Waals surface area contributed by atoms with E-state index < -0.39 is 0 Å². The van der Waals surface area contributed by atoms with Gasteiger partial charge in [0.25, 0.3) is 0 Å². The number of nitrogens with zero attached hydrogens (tertiary/aromatic N) is 4. The zero-order chi connectivity index (χ0) is 10.7. The van der Waals surface area contributed by atoms with Crippen LogP contribution in [-0.4, -0.2) is 14.3 Å². The van der Waals surface area contributed by atoms with Crippen molar-refractivity contribution in [3.8, 4) is 6.07 Å². The lowest BCUT2D eigenvalue weighted by molar-refractivity contribution is 1.16. The summed E-state index contributed by atoms with van der Waals surface area (Å²) in [7, 11) is 0. The maximum atomic E-state index is 8.57. The Bertz CT molecular complexity index is 496. The molecule has 15 heavy (non-hydrogen) atoms. The molecule has 5 nitrogen and oxygen atoms in total. The van der Waals surface area contributed by atoms with Gasteiger partial charge in [-0.3, -0.25) is 0 Å². The molecule has 0 fully saturated rings. The van der Waals surface area contributed by atoms with Crippen molar-refractivity contribution < 1.29 is 0 Å². The predicted molar refractivity (Wildman–Crippen MR) is 56.9 cm³/mol. The van der Waals surface area contributed by atoms with Gasteiger partial charge in [0, 0.05) is 11.5 Å². The minimum absolute atomic E-state index is 0.397. The van der Waals surface area contributed by atoms with Gasteiger partial charge < -0.3 is 5.32 Å². The number of anilines is 2. The van der Waals surface area contributed by atoms with Gasteiger partial charge in [0.1, 0.15) is 17.6 Å². The SMILES string of the molecule is Cc1nsc(Nc2ccc(C#N)nc2)n1. The summed E-state index contributed by atoms with van der Waals surface area (Å²) in [5.74, 6) is 0.740. The second-order valence-electron chi connectivity index (χ2n) is 2.82. The Morgan fingerprint density at radius 2 is 2.33 bits per heavy atom. The monoisotopic (exact) mass is 217 g/mol. The second-order valence-corrected chi connectivity index (χ2v) is 3.57. The fourth-order valence-corrected chi connectivity index (χ4v) is 1.60. The van der Waals surface area contributed by atoms with Crippen molar-refractivity contribution in [2.75, 3.05) is 5.32 Å². The van der Waals surface area contributed by atoms with Crippen molar-refractivity contribution in [3.63, 3.8) is 0 Å². The molecule has 0 aromatic carbocycles. The molecule has 0 unspecified atom stereocenters. The van der Waals surface area contributed by atoms with Gasteiger partial charge in [-0.1, -0.05) is 0 Å². The van der Waals surface area contributed by atoms with E-state index in [0.717, 1.165) is 16.6 Å². The summed E-state index contributed by atoms with van der Waals surface area (Å²) < 4.78 is 4.04. The van der Waals surface area contributed by atoms with E-state index in [4.69, 9.17) is 5.26 Å². The predicted octanol–water partition coefficient (Wildman–Crippen LogP) is 1.86. The quantitative estimate of drug-likeness (QED) is 0.831. The minimum Gasteiger partial charge on any atom is -0.329 e. The van der Waals surface area contributed by atoms with E-state index in [0.29, 0.717) is 5.69 Å². The number of aryl methyl sites for hydroxylation is 1. The van der Waals surface area contributed by atoms with Crippen LogP contribution in [-0.2, 0) is 0 Å². The summed E-state index contributed by atoms with van der Waals surface area (Å²) in [6, 6.07) is 5.39. The molecule has 0 saturated carbocycles. The minimum atomic E-state index is 0.397. The number of pyridine rings is 1. The first kappa shape index (κ1) is 9.55. The molecule has 0 radical (unpaired) electrons. The van der Waals surface area contributed by atoms with E-state index in [1.807, 2.05) is 13.0 Å². The Labute approximate surface area is 90.6 Å². The zero-order valence-electron chi connectivity index (χ0n) is 7.93. The Kier molecular flexibility index (Phi) is 2.56. The van der Waals surface area contributed by atoms with Crippen LogP contribution in [0.3, 0.4) is 0 Å². The molecule has 0 spiro atoms. The molecule has 6 heteroatoms. The first-order chi connectivity index (χ1) is 7.28. The molecule has 0 bridgehead atoms. The number of rotatable bonds is 2. The molecule has 0 aliphatic carbocycles. The number of nitrogens with one attached hydrogen (secondary N) is 1. The summed E-state index contributed by atoms with van der Waals surface area (Å²) in [5, 5.41) is 12.3. The van der Waals surface area contributed by atoms with Gasteiger partial charge in [0.15, 0.2) is 0 Å². The summed E-state index contributed by atoms with van der Waals surface area (Å²) in [6.07, 6.45) is 1.59. The van der Waals surface area contributed by atoms with Gasteiger partial charge in [-0.2, -0.15) is 9.64 Å². The highest BCUT2D eigenvalue weighted by molar-refractivity contribution is 7.09.